The van der Waals surface area contributed by atoms with Crippen LogP contribution in [0.1, 0.15) is 35.7 Å². The third-order valence-corrected chi connectivity index (χ3v) is 4.23. The summed E-state index contributed by atoms with van der Waals surface area (Å²) in [5.74, 6) is -0.690. The molecule has 1 atom stereocenters. The molecule has 0 fully saturated rings. The monoisotopic (exact) mass is 381 g/mol. The summed E-state index contributed by atoms with van der Waals surface area (Å²) in [4.78, 5) is 24.4. The zero-order valence-corrected chi connectivity index (χ0v) is 15.7. The summed E-state index contributed by atoms with van der Waals surface area (Å²) < 4.78 is 0. The molecule has 2 aromatic rings. The van der Waals surface area contributed by atoms with Crippen LogP contribution < -0.4 is 10.6 Å². The lowest BCUT2D eigenvalue weighted by Crippen LogP contribution is -2.24. The molecule has 2 N–H and O–H groups in total. The van der Waals surface area contributed by atoms with E-state index in [4.69, 9.17) is 16.9 Å². The number of amides is 2. The Kier molecular flexibility index (Phi) is 7.16. The zero-order valence-electron chi connectivity index (χ0n) is 15.0. The fraction of sp³-hybridized carbons (Fsp3) is 0.190. The zero-order chi connectivity index (χ0) is 19.8. The number of nitriles is 1. The molecule has 138 valence electrons. The van der Waals surface area contributed by atoms with Crippen LogP contribution >= 0.6 is 11.6 Å². The number of nitrogens with zero attached hydrogens (tertiary/aromatic N) is 1. The van der Waals surface area contributed by atoms with Crippen LogP contribution in [0, 0.1) is 17.2 Å². The number of benzene rings is 2. The molecule has 0 spiro atoms. The Balaban J connectivity index is 1.81. The van der Waals surface area contributed by atoms with Crippen LogP contribution in [-0.4, -0.2) is 11.8 Å². The number of allylic oxidation sites excluding steroid dienone is 1. The Hall–Kier alpha value is -3.10. The van der Waals surface area contributed by atoms with Gasteiger partial charge in [-0.1, -0.05) is 31.2 Å². The van der Waals surface area contributed by atoms with Crippen molar-refractivity contribution < 1.29 is 9.59 Å². The smallest absolute Gasteiger partial charge is 0.255 e. The largest absolute Gasteiger partial charge is 0.326 e. The van der Waals surface area contributed by atoms with Gasteiger partial charge in [-0.3, -0.25) is 9.59 Å². The highest BCUT2D eigenvalue weighted by atomic mass is 35.5. The summed E-state index contributed by atoms with van der Waals surface area (Å²) in [6, 6.07) is 15.3. The highest BCUT2D eigenvalue weighted by Gasteiger charge is 2.14. The minimum Gasteiger partial charge on any atom is -0.326 e. The third-order valence-electron chi connectivity index (χ3n) is 3.98. The van der Waals surface area contributed by atoms with Gasteiger partial charge in [-0.25, -0.2) is 0 Å². The Labute approximate surface area is 163 Å². The van der Waals surface area contributed by atoms with Crippen molar-refractivity contribution in [3.63, 3.8) is 0 Å². The lowest BCUT2D eigenvalue weighted by molar-refractivity contribution is -0.119. The van der Waals surface area contributed by atoms with Gasteiger partial charge in [0.15, 0.2) is 0 Å². The molecular weight excluding hydrogens is 362 g/mol. The van der Waals surface area contributed by atoms with Crippen LogP contribution in [0.2, 0.25) is 5.02 Å². The van der Waals surface area contributed by atoms with Crippen LogP contribution in [0.3, 0.4) is 0 Å². The summed E-state index contributed by atoms with van der Waals surface area (Å²) in [7, 11) is 0. The van der Waals surface area contributed by atoms with Crippen molar-refractivity contribution in [3.8, 4) is 6.07 Å². The van der Waals surface area contributed by atoms with E-state index in [2.05, 4.69) is 17.2 Å². The van der Waals surface area contributed by atoms with Gasteiger partial charge in [0.25, 0.3) is 5.91 Å². The number of halogens is 1. The van der Waals surface area contributed by atoms with Gasteiger partial charge in [0.05, 0.1) is 11.6 Å². The topological polar surface area (TPSA) is 82.0 Å². The molecule has 0 bridgehead atoms. The quantitative estimate of drug-likeness (QED) is 0.740. The van der Waals surface area contributed by atoms with E-state index < -0.39 is 0 Å². The summed E-state index contributed by atoms with van der Waals surface area (Å²) in [6.07, 6.45) is 1.01. The highest BCUT2D eigenvalue weighted by Crippen LogP contribution is 2.16. The number of anilines is 1. The third kappa shape index (κ3) is 6.28. The van der Waals surface area contributed by atoms with E-state index >= 15 is 0 Å². The SMILES string of the molecule is C=C(CCC(C)C(=O)Nc1ccc(Cl)cc1)NC(=O)c1cccc(C#N)c1. The number of hydrogen-bond donors (Lipinski definition) is 2. The van der Waals surface area contributed by atoms with E-state index in [1.54, 1.807) is 42.5 Å². The highest BCUT2D eigenvalue weighted by molar-refractivity contribution is 6.30. The first-order chi connectivity index (χ1) is 12.9. The maximum absolute atomic E-state index is 12.2. The first-order valence-electron chi connectivity index (χ1n) is 8.44. The van der Waals surface area contributed by atoms with Gasteiger partial charge in [0, 0.05) is 27.9 Å². The normalized spacial score (nSPS) is 11.1. The summed E-state index contributed by atoms with van der Waals surface area (Å²) in [5.41, 5.74) is 2.01. The van der Waals surface area contributed by atoms with Crippen molar-refractivity contribution in [2.75, 3.05) is 5.32 Å². The molecule has 27 heavy (non-hydrogen) atoms. The minimum absolute atomic E-state index is 0.113. The van der Waals surface area contributed by atoms with Crippen LogP contribution in [0.25, 0.3) is 0 Å². The molecule has 0 aliphatic carbocycles. The molecule has 0 saturated heterocycles. The standard InChI is InChI=1S/C21H20ClN3O2/c1-14(20(26)25-19-10-8-18(22)9-11-19)6-7-15(2)24-21(27)17-5-3-4-16(12-17)13-23/h3-5,8-12,14H,2,6-7H2,1H3,(H,24,27)(H,25,26). The maximum Gasteiger partial charge on any atom is 0.255 e. The average molecular weight is 382 g/mol. The van der Waals surface area contributed by atoms with E-state index in [0.29, 0.717) is 40.4 Å². The lowest BCUT2D eigenvalue weighted by Gasteiger charge is -2.14. The Bertz CT molecular complexity index is 885. The van der Waals surface area contributed by atoms with Crippen molar-refractivity contribution in [1.82, 2.24) is 5.32 Å². The lowest BCUT2D eigenvalue weighted by atomic mass is 10.0. The van der Waals surface area contributed by atoms with Gasteiger partial charge in [-0.2, -0.15) is 5.26 Å². The van der Waals surface area contributed by atoms with Gasteiger partial charge in [-0.15, -0.1) is 0 Å². The summed E-state index contributed by atoms with van der Waals surface area (Å²) in [6.45, 7) is 5.66. The summed E-state index contributed by atoms with van der Waals surface area (Å²) >= 11 is 5.83. The second-order valence-corrected chi connectivity index (χ2v) is 6.62. The molecule has 1 unspecified atom stereocenters. The van der Waals surface area contributed by atoms with Gasteiger partial charge in [-0.05, 0) is 55.3 Å². The number of rotatable bonds is 7. The average Bonchev–Trinajstić information content (AvgIpc) is 2.67. The maximum atomic E-state index is 12.2. The molecule has 0 heterocycles. The van der Waals surface area contributed by atoms with E-state index in [-0.39, 0.29) is 17.7 Å². The fourth-order valence-electron chi connectivity index (χ4n) is 2.35. The van der Waals surface area contributed by atoms with Crippen LogP contribution in [0.4, 0.5) is 5.69 Å². The minimum atomic E-state index is -0.324. The Morgan fingerprint density at radius 1 is 1.22 bits per heavy atom. The Morgan fingerprint density at radius 3 is 2.59 bits per heavy atom. The molecule has 2 aromatic carbocycles. The predicted molar refractivity (Wildman–Crippen MR) is 106 cm³/mol. The van der Waals surface area contributed by atoms with Crippen molar-refractivity contribution in [2.45, 2.75) is 19.8 Å². The number of nitrogens with one attached hydrogen (secondary N) is 2. The molecule has 6 heteroatoms. The first-order valence-corrected chi connectivity index (χ1v) is 8.82. The molecule has 0 aromatic heterocycles. The molecule has 0 saturated carbocycles. The van der Waals surface area contributed by atoms with Crippen molar-refractivity contribution in [1.29, 1.82) is 5.26 Å². The van der Waals surface area contributed by atoms with Crippen LogP contribution in [0.5, 0.6) is 0 Å². The summed E-state index contributed by atoms with van der Waals surface area (Å²) in [5, 5.41) is 15.0. The molecule has 0 radical (unpaired) electrons. The second-order valence-electron chi connectivity index (χ2n) is 6.19. The van der Waals surface area contributed by atoms with Gasteiger partial charge in [0.1, 0.15) is 0 Å². The van der Waals surface area contributed by atoms with E-state index in [1.165, 1.54) is 6.07 Å². The fourth-order valence-corrected chi connectivity index (χ4v) is 2.47. The second kappa shape index (κ2) is 9.56. The van der Waals surface area contributed by atoms with Crippen molar-refractivity contribution in [2.24, 2.45) is 5.92 Å². The van der Waals surface area contributed by atoms with E-state index in [1.807, 2.05) is 13.0 Å². The molecule has 2 amide bonds. The molecule has 2 rings (SSSR count). The molecule has 0 aliphatic rings. The van der Waals surface area contributed by atoms with Gasteiger partial charge in [0.2, 0.25) is 5.91 Å². The number of carbonyl (C=O) groups is 2. The van der Waals surface area contributed by atoms with Crippen LogP contribution in [0.15, 0.2) is 60.8 Å². The molecular formula is C21H20ClN3O2. The van der Waals surface area contributed by atoms with E-state index in [9.17, 15) is 9.59 Å². The van der Waals surface area contributed by atoms with Crippen molar-refractivity contribution >= 4 is 29.1 Å². The number of hydrogen-bond acceptors (Lipinski definition) is 3. The first kappa shape index (κ1) is 20.2. The van der Waals surface area contributed by atoms with Crippen LogP contribution in [-0.2, 0) is 4.79 Å². The molecule has 5 nitrogen and oxygen atoms in total. The number of carbonyl (C=O) groups excluding carboxylic acids is 2. The Morgan fingerprint density at radius 2 is 1.93 bits per heavy atom. The predicted octanol–water partition coefficient (Wildman–Crippen LogP) is 4.51. The van der Waals surface area contributed by atoms with E-state index in [0.717, 1.165) is 0 Å². The molecule has 0 aliphatic heterocycles. The van der Waals surface area contributed by atoms with Crippen molar-refractivity contribution in [3.05, 3.63) is 77.0 Å². The van der Waals surface area contributed by atoms with Gasteiger partial charge < -0.3 is 10.6 Å². The van der Waals surface area contributed by atoms with Gasteiger partial charge >= 0.3 is 0 Å².